The molecule has 62 valence electrons. The lowest BCUT2D eigenvalue weighted by Crippen LogP contribution is -2.03. The van der Waals surface area contributed by atoms with E-state index in [0.717, 1.165) is 0 Å². The van der Waals surface area contributed by atoms with E-state index in [4.69, 9.17) is 11.6 Å². The number of hydrogen-bond acceptors (Lipinski definition) is 2. The Morgan fingerprint density at radius 3 is 2.09 bits per heavy atom. The number of rotatable bonds is 0. The molecule has 0 bridgehead atoms. The summed E-state index contributed by atoms with van der Waals surface area (Å²) in [4.78, 5) is 2.58. The van der Waals surface area contributed by atoms with Gasteiger partial charge in [0.05, 0.1) is 0 Å². The van der Waals surface area contributed by atoms with E-state index in [0.29, 0.717) is 0 Å². The van der Waals surface area contributed by atoms with Crippen LogP contribution in [0.5, 0.6) is 0 Å². The molecule has 0 aliphatic rings. The standard InChI is InChI=1S/C4ClF4NS/c5-1-2(6)10-3(11-1)4(7,8)9. The van der Waals surface area contributed by atoms with E-state index in [1.165, 1.54) is 0 Å². The van der Waals surface area contributed by atoms with Crippen LogP contribution in [0.3, 0.4) is 0 Å². The summed E-state index contributed by atoms with van der Waals surface area (Å²) in [6.07, 6.45) is -4.61. The molecule has 1 nitrogen and oxygen atoms in total. The molecule has 0 aliphatic heterocycles. The number of hydrogen-bond donors (Lipinski definition) is 0. The van der Waals surface area contributed by atoms with E-state index in [9.17, 15) is 17.6 Å². The lowest BCUT2D eigenvalue weighted by molar-refractivity contribution is -0.137. The van der Waals surface area contributed by atoms with Gasteiger partial charge >= 0.3 is 6.18 Å². The zero-order chi connectivity index (χ0) is 8.65. The van der Waals surface area contributed by atoms with Crippen LogP contribution < -0.4 is 0 Å². The number of aromatic nitrogens is 1. The van der Waals surface area contributed by atoms with Crippen LogP contribution in [0.4, 0.5) is 17.6 Å². The van der Waals surface area contributed by atoms with Crippen molar-refractivity contribution in [1.29, 1.82) is 0 Å². The highest BCUT2D eigenvalue weighted by Gasteiger charge is 2.35. The average molecular weight is 206 g/mol. The van der Waals surface area contributed by atoms with Crippen molar-refractivity contribution >= 4 is 22.9 Å². The molecule has 1 heterocycles. The molecular weight excluding hydrogens is 206 g/mol. The Morgan fingerprint density at radius 2 is 1.91 bits per heavy atom. The Balaban J connectivity index is 3.08. The fourth-order valence-electron chi connectivity index (χ4n) is 0.404. The quantitative estimate of drug-likeness (QED) is 0.594. The van der Waals surface area contributed by atoms with Gasteiger partial charge in [0.15, 0.2) is 4.34 Å². The van der Waals surface area contributed by atoms with E-state index in [1.807, 2.05) is 0 Å². The van der Waals surface area contributed by atoms with Gasteiger partial charge in [-0.2, -0.15) is 17.6 Å². The largest absolute Gasteiger partial charge is 0.443 e. The van der Waals surface area contributed by atoms with Gasteiger partial charge in [0.1, 0.15) is 0 Å². The van der Waals surface area contributed by atoms with E-state index in [1.54, 1.807) is 0 Å². The van der Waals surface area contributed by atoms with E-state index in [2.05, 4.69) is 4.98 Å². The van der Waals surface area contributed by atoms with Crippen LogP contribution in [0.1, 0.15) is 5.01 Å². The molecular formula is C4ClF4NS. The molecule has 0 saturated heterocycles. The topological polar surface area (TPSA) is 12.9 Å². The van der Waals surface area contributed by atoms with Crippen molar-refractivity contribution in [2.75, 3.05) is 0 Å². The number of halogens is 5. The Morgan fingerprint density at radius 1 is 1.36 bits per heavy atom. The Bertz CT molecular complexity index is 248. The van der Waals surface area contributed by atoms with Gasteiger partial charge in [0.2, 0.25) is 11.0 Å². The summed E-state index contributed by atoms with van der Waals surface area (Å²) in [6, 6.07) is 0. The molecule has 1 aromatic rings. The maximum Gasteiger partial charge on any atom is 0.443 e. The first-order valence-corrected chi connectivity index (χ1v) is 3.49. The van der Waals surface area contributed by atoms with Gasteiger partial charge in [-0.1, -0.05) is 22.9 Å². The minimum absolute atomic E-state index is 0.0756. The number of thiazole rings is 1. The summed E-state index contributed by atoms with van der Waals surface area (Å²) in [5.41, 5.74) is 0. The van der Waals surface area contributed by atoms with Gasteiger partial charge in [0.25, 0.3) is 0 Å². The second-order valence-corrected chi connectivity index (χ2v) is 3.18. The molecule has 1 aromatic heterocycles. The number of alkyl halides is 3. The second-order valence-electron chi connectivity index (χ2n) is 1.58. The van der Waals surface area contributed by atoms with Crippen LogP contribution in [-0.4, -0.2) is 4.98 Å². The van der Waals surface area contributed by atoms with Crippen molar-refractivity contribution in [2.24, 2.45) is 0 Å². The predicted molar refractivity (Wildman–Crippen MR) is 32.1 cm³/mol. The van der Waals surface area contributed by atoms with Crippen molar-refractivity contribution in [2.45, 2.75) is 6.18 Å². The molecule has 0 aromatic carbocycles. The van der Waals surface area contributed by atoms with Crippen LogP contribution in [0.25, 0.3) is 0 Å². The van der Waals surface area contributed by atoms with Crippen molar-refractivity contribution in [1.82, 2.24) is 4.98 Å². The van der Waals surface area contributed by atoms with Gasteiger partial charge in [-0.3, -0.25) is 0 Å². The highest BCUT2D eigenvalue weighted by atomic mass is 35.5. The SMILES string of the molecule is Fc1nc(C(F)(F)F)sc1Cl. The maximum absolute atomic E-state index is 12.1. The summed E-state index contributed by atoms with van der Waals surface area (Å²) in [5, 5.41) is -1.26. The van der Waals surface area contributed by atoms with Gasteiger partial charge in [-0.05, 0) is 0 Å². The second kappa shape index (κ2) is 2.60. The lowest BCUT2D eigenvalue weighted by atomic mass is 10.7. The minimum atomic E-state index is -4.61. The van der Waals surface area contributed by atoms with Gasteiger partial charge < -0.3 is 0 Å². The van der Waals surface area contributed by atoms with Crippen molar-refractivity contribution in [3.8, 4) is 0 Å². The molecule has 0 amide bonds. The fourth-order valence-corrected chi connectivity index (χ4v) is 1.21. The third kappa shape index (κ3) is 1.81. The van der Waals surface area contributed by atoms with Crippen LogP contribution in [0.15, 0.2) is 0 Å². The molecule has 0 aliphatic carbocycles. The molecule has 0 spiro atoms. The molecule has 7 heteroatoms. The molecule has 1 rings (SSSR count). The van der Waals surface area contributed by atoms with Gasteiger partial charge in [-0.15, -0.1) is 0 Å². The molecule has 0 fully saturated rings. The predicted octanol–water partition coefficient (Wildman–Crippen LogP) is 2.95. The smallest absolute Gasteiger partial charge is 0.202 e. The van der Waals surface area contributed by atoms with E-state index < -0.39 is 21.5 Å². The fraction of sp³-hybridized carbons (Fsp3) is 0.250. The normalized spacial score (nSPS) is 12.1. The first-order chi connectivity index (χ1) is 4.91. The molecule has 0 saturated carbocycles. The average Bonchev–Trinajstić information content (AvgIpc) is 2.11. The zero-order valence-electron chi connectivity index (χ0n) is 4.75. The van der Waals surface area contributed by atoms with Crippen molar-refractivity contribution in [3.63, 3.8) is 0 Å². The summed E-state index contributed by atoms with van der Waals surface area (Å²) >= 11 is 5.09. The Labute approximate surface area is 67.6 Å². The van der Waals surface area contributed by atoms with Gasteiger partial charge in [-0.25, -0.2) is 4.98 Å². The summed E-state index contributed by atoms with van der Waals surface area (Å²) in [5.74, 6) is -1.27. The van der Waals surface area contributed by atoms with Crippen LogP contribution in [0.2, 0.25) is 4.34 Å². The highest BCUT2D eigenvalue weighted by molar-refractivity contribution is 7.15. The van der Waals surface area contributed by atoms with Crippen LogP contribution >= 0.6 is 22.9 Å². The summed E-state index contributed by atoms with van der Waals surface area (Å²) in [7, 11) is 0. The van der Waals surface area contributed by atoms with E-state index >= 15 is 0 Å². The zero-order valence-corrected chi connectivity index (χ0v) is 6.32. The molecule has 0 atom stereocenters. The number of nitrogens with zero attached hydrogens (tertiary/aromatic N) is 1. The highest BCUT2D eigenvalue weighted by Crippen LogP contribution is 2.35. The third-order valence-electron chi connectivity index (χ3n) is 0.791. The molecule has 0 radical (unpaired) electrons. The van der Waals surface area contributed by atoms with E-state index in [-0.39, 0.29) is 11.3 Å². The summed E-state index contributed by atoms with van der Waals surface area (Å²) in [6.45, 7) is 0. The molecule has 0 N–H and O–H groups in total. The minimum Gasteiger partial charge on any atom is -0.202 e. The van der Waals surface area contributed by atoms with Gasteiger partial charge in [0, 0.05) is 0 Å². The lowest BCUT2D eigenvalue weighted by Gasteiger charge is -1.97. The monoisotopic (exact) mass is 205 g/mol. The summed E-state index contributed by atoms with van der Waals surface area (Å²) < 4.78 is 46.7. The van der Waals surface area contributed by atoms with Crippen molar-refractivity contribution in [3.05, 3.63) is 15.3 Å². The van der Waals surface area contributed by atoms with Crippen LogP contribution in [0, 0.1) is 5.95 Å². The Kier molecular flexibility index (Phi) is 2.06. The first kappa shape index (κ1) is 8.73. The van der Waals surface area contributed by atoms with Crippen molar-refractivity contribution < 1.29 is 17.6 Å². The Hall–Kier alpha value is -0.360. The molecule has 0 unspecified atom stereocenters. The third-order valence-corrected chi connectivity index (χ3v) is 2.04. The first-order valence-electron chi connectivity index (χ1n) is 2.30. The van der Waals surface area contributed by atoms with Crippen LogP contribution in [-0.2, 0) is 6.18 Å². The maximum atomic E-state index is 12.1. The molecule has 11 heavy (non-hydrogen) atoms.